The van der Waals surface area contributed by atoms with Gasteiger partial charge in [-0.15, -0.1) is 0 Å². The Morgan fingerprint density at radius 1 is 0.889 bits per heavy atom. The minimum atomic E-state index is -0.548. The smallest absolute Gasteiger partial charge is 0.302 e. The fourth-order valence-electron chi connectivity index (χ4n) is 4.49. The van der Waals surface area contributed by atoms with Gasteiger partial charge in [-0.1, -0.05) is 72.8 Å². The molecule has 3 N–H and O–H groups in total. The monoisotopic (exact) mass is 473 g/mol. The third-order valence-corrected chi connectivity index (χ3v) is 6.15. The van der Waals surface area contributed by atoms with Crippen LogP contribution in [-0.4, -0.2) is 16.9 Å². The van der Waals surface area contributed by atoms with Gasteiger partial charge in [0.2, 0.25) is 5.96 Å². The van der Waals surface area contributed by atoms with Crippen molar-refractivity contribution in [1.82, 2.24) is 10.3 Å². The first kappa shape index (κ1) is 21.6. The number of para-hydroxylation sites is 3. The largest absolute Gasteiger partial charge is 0.423 e. The number of oxazole rings is 1. The van der Waals surface area contributed by atoms with Crippen LogP contribution in [-0.2, 0) is 4.79 Å². The zero-order chi connectivity index (χ0) is 24.5. The van der Waals surface area contributed by atoms with Gasteiger partial charge >= 0.3 is 6.01 Å². The third-order valence-electron chi connectivity index (χ3n) is 6.15. The number of benzene rings is 4. The van der Waals surface area contributed by atoms with Crippen LogP contribution in [0.3, 0.4) is 0 Å². The fraction of sp³-hybridized carbons (Fsp3) is 0.0690. The molecule has 0 fully saturated rings. The molecule has 4 aromatic carbocycles. The predicted octanol–water partition coefficient (Wildman–Crippen LogP) is 6.01. The van der Waals surface area contributed by atoms with E-state index in [1.54, 1.807) is 0 Å². The van der Waals surface area contributed by atoms with Crippen molar-refractivity contribution in [2.45, 2.75) is 13.0 Å². The van der Waals surface area contributed by atoms with Crippen molar-refractivity contribution in [2.75, 3.05) is 10.6 Å². The zero-order valence-electron chi connectivity index (χ0n) is 19.5. The second-order valence-electron chi connectivity index (χ2n) is 8.54. The summed E-state index contributed by atoms with van der Waals surface area (Å²) in [6.45, 7) is 1.88. The molecule has 36 heavy (non-hydrogen) atoms. The first-order valence-corrected chi connectivity index (χ1v) is 11.7. The van der Waals surface area contributed by atoms with E-state index >= 15 is 0 Å². The Labute approximate surface area is 207 Å². The molecule has 0 radical (unpaired) electrons. The lowest BCUT2D eigenvalue weighted by Gasteiger charge is -2.27. The highest BCUT2D eigenvalue weighted by Gasteiger charge is 2.31. The van der Waals surface area contributed by atoms with Crippen LogP contribution in [0.5, 0.6) is 0 Å². The van der Waals surface area contributed by atoms with Crippen molar-refractivity contribution in [3.63, 3.8) is 0 Å². The third kappa shape index (κ3) is 4.07. The van der Waals surface area contributed by atoms with E-state index in [2.05, 4.69) is 39.1 Å². The van der Waals surface area contributed by atoms with E-state index in [4.69, 9.17) is 9.41 Å². The van der Waals surface area contributed by atoms with Crippen molar-refractivity contribution < 1.29 is 9.21 Å². The molecule has 1 unspecified atom stereocenters. The number of guanidine groups is 1. The lowest BCUT2D eigenvalue weighted by atomic mass is 9.91. The van der Waals surface area contributed by atoms with Gasteiger partial charge in [0.15, 0.2) is 5.58 Å². The van der Waals surface area contributed by atoms with Crippen LogP contribution in [0.1, 0.15) is 18.5 Å². The quantitative estimate of drug-likeness (QED) is 0.298. The minimum Gasteiger partial charge on any atom is -0.423 e. The number of fused-ring (bicyclic) bond motifs is 2. The number of hydrogen-bond acceptors (Lipinski definition) is 6. The molecule has 176 valence electrons. The molecule has 7 nitrogen and oxygen atoms in total. The molecular formula is C29H23N5O2. The molecule has 0 bridgehead atoms. The number of allylic oxidation sites excluding steroid dienone is 1. The van der Waals surface area contributed by atoms with Gasteiger partial charge in [0.25, 0.3) is 5.91 Å². The molecule has 1 amide bonds. The summed E-state index contributed by atoms with van der Waals surface area (Å²) in [5, 5.41) is 11.5. The van der Waals surface area contributed by atoms with Gasteiger partial charge in [-0.25, -0.2) is 4.99 Å². The number of amides is 1. The standard InChI is InChI=1S/C29H23N5O2/c1-18-25(27(35)31-20-12-3-2-4-13-20)26(22-15-9-11-19-10-5-6-14-21(19)22)33-28(30-18)34-29-32-23-16-7-8-17-24(23)36-29/h2-17,26H,1H3,(H,31,35)(H2,30,32,33,34). The molecule has 2 heterocycles. The van der Waals surface area contributed by atoms with E-state index in [1.807, 2.05) is 85.8 Å². The van der Waals surface area contributed by atoms with Gasteiger partial charge in [-0.05, 0) is 47.5 Å². The fourth-order valence-corrected chi connectivity index (χ4v) is 4.49. The number of carbonyl (C=O) groups is 1. The van der Waals surface area contributed by atoms with Crippen molar-refractivity contribution in [3.8, 4) is 0 Å². The van der Waals surface area contributed by atoms with E-state index in [0.29, 0.717) is 28.8 Å². The average molecular weight is 474 g/mol. The summed E-state index contributed by atoms with van der Waals surface area (Å²) in [5.74, 6) is 0.238. The zero-order valence-corrected chi connectivity index (χ0v) is 19.5. The molecule has 0 spiro atoms. The Kier molecular flexibility index (Phi) is 5.42. The molecule has 1 aromatic heterocycles. The summed E-state index contributed by atoms with van der Waals surface area (Å²) in [6.07, 6.45) is 0. The summed E-state index contributed by atoms with van der Waals surface area (Å²) in [6, 6.07) is 30.9. The number of hydrogen-bond donors (Lipinski definition) is 3. The first-order valence-electron chi connectivity index (χ1n) is 11.7. The van der Waals surface area contributed by atoms with Gasteiger partial charge < -0.3 is 15.1 Å². The summed E-state index contributed by atoms with van der Waals surface area (Å²) in [4.78, 5) is 23.0. The normalized spacial score (nSPS) is 15.5. The molecule has 1 atom stereocenters. The maximum Gasteiger partial charge on any atom is 0.302 e. The van der Waals surface area contributed by atoms with Crippen LogP contribution in [0.4, 0.5) is 11.7 Å². The topological polar surface area (TPSA) is 91.5 Å². The second-order valence-corrected chi connectivity index (χ2v) is 8.54. The number of rotatable bonds is 4. The minimum absolute atomic E-state index is 0.214. The van der Waals surface area contributed by atoms with Crippen LogP contribution in [0, 0.1) is 0 Å². The number of carbonyl (C=O) groups excluding carboxylic acids is 1. The molecule has 7 heteroatoms. The van der Waals surface area contributed by atoms with Gasteiger partial charge in [0.1, 0.15) is 11.6 Å². The van der Waals surface area contributed by atoms with Crippen LogP contribution in [0.15, 0.2) is 118 Å². The van der Waals surface area contributed by atoms with Gasteiger partial charge in [0, 0.05) is 11.4 Å². The van der Waals surface area contributed by atoms with Crippen molar-refractivity contribution in [1.29, 1.82) is 0 Å². The van der Waals surface area contributed by atoms with Crippen molar-refractivity contribution >= 4 is 45.4 Å². The number of nitrogens with one attached hydrogen (secondary N) is 3. The summed E-state index contributed by atoms with van der Waals surface area (Å²) in [7, 11) is 0. The Morgan fingerprint density at radius 2 is 1.64 bits per heavy atom. The summed E-state index contributed by atoms with van der Waals surface area (Å²) in [5.41, 5.74) is 4.31. The van der Waals surface area contributed by atoms with E-state index < -0.39 is 6.04 Å². The van der Waals surface area contributed by atoms with Crippen LogP contribution in [0.2, 0.25) is 0 Å². The van der Waals surface area contributed by atoms with Crippen molar-refractivity contribution in [2.24, 2.45) is 4.99 Å². The molecule has 5 aromatic rings. The molecule has 6 rings (SSSR count). The maximum absolute atomic E-state index is 13.6. The molecule has 0 saturated heterocycles. The average Bonchev–Trinajstić information content (AvgIpc) is 3.31. The van der Waals surface area contributed by atoms with Crippen molar-refractivity contribution in [3.05, 3.63) is 114 Å². The molecule has 0 aliphatic carbocycles. The lowest BCUT2D eigenvalue weighted by Crippen LogP contribution is -2.37. The summed E-state index contributed by atoms with van der Waals surface area (Å²) < 4.78 is 5.83. The Hall–Kier alpha value is -4.91. The number of aromatic nitrogens is 1. The van der Waals surface area contributed by atoms with E-state index in [9.17, 15) is 4.79 Å². The Balaban J connectivity index is 1.41. The predicted molar refractivity (Wildman–Crippen MR) is 143 cm³/mol. The van der Waals surface area contributed by atoms with Crippen LogP contribution >= 0.6 is 0 Å². The Bertz CT molecular complexity index is 1610. The molecule has 0 saturated carbocycles. The van der Waals surface area contributed by atoms with E-state index in [-0.39, 0.29) is 5.91 Å². The number of anilines is 2. The highest BCUT2D eigenvalue weighted by Crippen LogP contribution is 2.35. The lowest BCUT2D eigenvalue weighted by molar-refractivity contribution is -0.113. The summed E-state index contributed by atoms with van der Waals surface area (Å²) >= 11 is 0. The number of nitrogens with zero attached hydrogens (tertiary/aromatic N) is 2. The van der Waals surface area contributed by atoms with E-state index in [1.165, 1.54) is 0 Å². The maximum atomic E-state index is 13.6. The van der Waals surface area contributed by atoms with Gasteiger partial charge in [-0.3, -0.25) is 10.1 Å². The Morgan fingerprint density at radius 3 is 2.50 bits per heavy atom. The van der Waals surface area contributed by atoms with Crippen LogP contribution in [0.25, 0.3) is 21.9 Å². The van der Waals surface area contributed by atoms with Crippen LogP contribution < -0.4 is 16.0 Å². The van der Waals surface area contributed by atoms with Gasteiger partial charge in [0.05, 0.1) is 5.57 Å². The molecular weight excluding hydrogens is 450 g/mol. The highest BCUT2D eigenvalue weighted by molar-refractivity contribution is 6.08. The van der Waals surface area contributed by atoms with Gasteiger partial charge in [-0.2, -0.15) is 4.98 Å². The van der Waals surface area contributed by atoms with E-state index in [0.717, 1.165) is 27.5 Å². The highest BCUT2D eigenvalue weighted by atomic mass is 16.4. The molecule has 1 aliphatic heterocycles. The molecule has 1 aliphatic rings. The first-order chi connectivity index (χ1) is 17.7. The number of aliphatic imine (C=N–C) groups is 1. The second kappa shape index (κ2) is 9.03. The SMILES string of the molecule is CC1=C(C(=O)Nc2ccccc2)C(c2cccc3ccccc23)N=C(Nc2nc3ccccc3o2)N1.